The van der Waals surface area contributed by atoms with Gasteiger partial charge in [-0.15, -0.1) is 0 Å². The van der Waals surface area contributed by atoms with E-state index >= 15 is 0 Å². The highest BCUT2D eigenvalue weighted by atomic mass is 16.5. The van der Waals surface area contributed by atoms with Gasteiger partial charge in [0.1, 0.15) is 0 Å². The molecule has 0 atom stereocenters. The summed E-state index contributed by atoms with van der Waals surface area (Å²) < 4.78 is 10.1. The van der Waals surface area contributed by atoms with Crippen molar-refractivity contribution in [2.45, 2.75) is 6.92 Å². The molecule has 0 radical (unpaired) electrons. The van der Waals surface area contributed by atoms with E-state index in [1.165, 1.54) is 0 Å². The van der Waals surface area contributed by atoms with E-state index in [2.05, 4.69) is 0 Å². The van der Waals surface area contributed by atoms with Crippen molar-refractivity contribution >= 4 is 11.9 Å². The van der Waals surface area contributed by atoms with Gasteiger partial charge >= 0.3 is 11.9 Å². The van der Waals surface area contributed by atoms with E-state index in [-0.39, 0.29) is 31.1 Å². The van der Waals surface area contributed by atoms with Crippen LogP contribution in [0.4, 0.5) is 0 Å². The normalized spacial score (nSPS) is 17.6. The molecule has 4 heteroatoms. The molecule has 0 saturated carbocycles. The van der Waals surface area contributed by atoms with Crippen molar-refractivity contribution in [1.82, 2.24) is 0 Å². The Kier molecular flexibility index (Phi) is 2.90. The maximum Gasteiger partial charge on any atom is 0.338 e. The molecular formula is C12H12O4. The fourth-order valence-corrected chi connectivity index (χ4v) is 1.39. The molecule has 0 aromatic heterocycles. The molecule has 0 N–H and O–H groups in total. The SMILES string of the molecule is CC1COC(=O)c2ccc(cc2)C(=O)OC1. The molecule has 16 heavy (non-hydrogen) atoms. The van der Waals surface area contributed by atoms with Crippen LogP contribution in [0.1, 0.15) is 27.6 Å². The molecule has 2 aliphatic rings. The number of benzene rings is 1. The average molecular weight is 220 g/mol. The van der Waals surface area contributed by atoms with E-state index in [0.29, 0.717) is 11.1 Å². The summed E-state index contributed by atoms with van der Waals surface area (Å²) in [7, 11) is 0. The van der Waals surface area contributed by atoms with Crippen LogP contribution >= 0.6 is 0 Å². The predicted molar refractivity (Wildman–Crippen MR) is 56.2 cm³/mol. The largest absolute Gasteiger partial charge is 0.462 e. The van der Waals surface area contributed by atoms with E-state index in [4.69, 9.17) is 9.47 Å². The fraction of sp³-hybridized carbons (Fsp3) is 0.333. The summed E-state index contributed by atoms with van der Waals surface area (Å²) in [6.45, 7) is 2.37. The molecule has 2 aliphatic heterocycles. The highest BCUT2D eigenvalue weighted by molar-refractivity contribution is 5.93. The van der Waals surface area contributed by atoms with Crippen LogP contribution in [0.15, 0.2) is 24.3 Å². The molecule has 1 aromatic rings. The zero-order valence-electron chi connectivity index (χ0n) is 8.93. The van der Waals surface area contributed by atoms with E-state index in [9.17, 15) is 9.59 Å². The van der Waals surface area contributed by atoms with Crippen molar-refractivity contribution < 1.29 is 19.1 Å². The van der Waals surface area contributed by atoms with Crippen molar-refractivity contribution in [2.75, 3.05) is 13.2 Å². The van der Waals surface area contributed by atoms with Crippen molar-refractivity contribution in [2.24, 2.45) is 5.92 Å². The van der Waals surface area contributed by atoms with Crippen LogP contribution < -0.4 is 0 Å². The fourth-order valence-electron chi connectivity index (χ4n) is 1.39. The topological polar surface area (TPSA) is 52.6 Å². The molecule has 4 nitrogen and oxygen atoms in total. The van der Waals surface area contributed by atoms with Gasteiger partial charge in [0.25, 0.3) is 0 Å². The summed E-state index contributed by atoms with van der Waals surface area (Å²) in [5, 5.41) is 0. The van der Waals surface area contributed by atoms with E-state index in [1.807, 2.05) is 6.92 Å². The quantitative estimate of drug-likeness (QED) is 0.624. The second kappa shape index (κ2) is 4.35. The molecule has 1 aromatic carbocycles. The average Bonchev–Trinajstić information content (AvgIpc) is 2.35. The smallest absolute Gasteiger partial charge is 0.338 e. The summed E-state index contributed by atoms with van der Waals surface area (Å²) in [5.74, 6) is -0.730. The van der Waals surface area contributed by atoms with Gasteiger partial charge in [-0.3, -0.25) is 0 Å². The number of hydrogen-bond acceptors (Lipinski definition) is 4. The second-order valence-corrected chi connectivity index (χ2v) is 3.88. The first-order chi connectivity index (χ1) is 7.66. The lowest BCUT2D eigenvalue weighted by atomic mass is 10.1. The number of esters is 2. The Labute approximate surface area is 93.2 Å². The minimum absolute atomic E-state index is 0.00611. The second-order valence-electron chi connectivity index (χ2n) is 3.88. The van der Waals surface area contributed by atoms with Crippen molar-refractivity contribution in [3.8, 4) is 0 Å². The molecule has 0 spiro atoms. The molecular weight excluding hydrogens is 208 g/mol. The number of fused-ring (bicyclic) bond motifs is 8. The molecule has 2 heterocycles. The summed E-state index contributed by atoms with van der Waals surface area (Å²) in [5.41, 5.74) is 0.899. The van der Waals surface area contributed by atoms with Gasteiger partial charge in [0, 0.05) is 5.92 Å². The van der Waals surface area contributed by atoms with Crippen LogP contribution in [-0.4, -0.2) is 25.2 Å². The first kappa shape index (κ1) is 10.7. The molecule has 84 valence electrons. The zero-order valence-corrected chi connectivity index (χ0v) is 8.93. The first-order valence-electron chi connectivity index (χ1n) is 5.11. The first-order valence-corrected chi connectivity index (χ1v) is 5.11. The molecule has 3 rings (SSSR count). The summed E-state index contributed by atoms with van der Waals surface area (Å²) in [6, 6.07) is 6.26. The van der Waals surface area contributed by atoms with E-state index < -0.39 is 0 Å². The maximum absolute atomic E-state index is 11.5. The van der Waals surface area contributed by atoms with Gasteiger partial charge in [-0.2, -0.15) is 0 Å². The standard InChI is InChI=1S/C12H12O4/c1-8-6-15-11(13)9-2-3-10(5-4-9)12(14)16-7-8/h2-5,8H,6-7H2,1H3. The van der Waals surface area contributed by atoms with Gasteiger partial charge in [-0.1, -0.05) is 6.92 Å². The highest BCUT2D eigenvalue weighted by Crippen LogP contribution is 2.11. The van der Waals surface area contributed by atoms with Crippen LogP contribution in [0.3, 0.4) is 0 Å². The van der Waals surface area contributed by atoms with E-state index in [0.717, 1.165) is 0 Å². The lowest BCUT2D eigenvalue weighted by molar-refractivity contribution is 0.0288. The summed E-state index contributed by atoms with van der Waals surface area (Å²) in [4.78, 5) is 23.1. The Bertz CT molecular complexity index is 369. The predicted octanol–water partition coefficient (Wildman–Crippen LogP) is 1.65. The summed E-state index contributed by atoms with van der Waals surface area (Å²) in [6.07, 6.45) is 0. The molecule has 0 amide bonds. The van der Waals surface area contributed by atoms with Crippen LogP contribution in [0, 0.1) is 5.92 Å². The number of carbonyl (C=O) groups is 2. The van der Waals surface area contributed by atoms with Crippen LogP contribution in [0.2, 0.25) is 0 Å². The highest BCUT2D eigenvalue weighted by Gasteiger charge is 2.16. The Balaban J connectivity index is 2.30. The van der Waals surface area contributed by atoms with Gasteiger partial charge in [-0.25, -0.2) is 9.59 Å². The van der Waals surface area contributed by atoms with Gasteiger partial charge in [-0.05, 0) is 24.3 Å². The zero-order chi connectivity index (χ0) is 11.5. The van der Waals surface area contributed by atoms with Crippen molar-refractivity contribution in [1.29, 1.82) is 0 Å². The molecule has 2 bridgehead atoms. The third-order valence-electron chi connectivity index (χ3n) is 2.35. The van der Waals surface area contributed by atoms with Crippen molar-refractivity contribution in [3.05, 3.63) is 35.4 Å². The van der Waals surface area contributed by atoms with Gasteiger partial charge < -0.3 is 9.47 Å². The van der Waals surface area contributed by atoms with Crippen molar-refractivity contribution in [3.63, 3.8) is 0 Å². The van der Waals surface area contributed by atoms with Crippen LogP contribution in [0.25, 0.3) is 0 Å². The third-order valence-corrected chi connectivity index (χ3v) is 2.35. The number of ether oxygens (including phenoxy) is 2. The number of hydrogen-bond donors (Lipinski definition) is 0. The molecule has 0 aliphatic carbocycles. The lowest BCUT2D eigenvalue weighted by Crippen LogP contribution is -2.17. The minimum atomic E-state index is -0.368. The Morgan fingerprint density at radius 3 is 1.69 bits per heavy atom. The van der Waals surface area contributed by atoms with Gasteiger partial charge in [0.2, 0.25) is 0 Å². The molecule has 0 unspecified atom stereocenters. The van der Waals surface area contributed by atoms with E-state index in [1.54, 1.807) is 24.3 Å². The monoisotopic (exact) mass is 220 g/mol. The number of carbonyl (C=O) groups excluding carboxylic acids is 2. The Morgan fingerprint density at radius 1 is 0.938 bits per heavy atom. The van der Waals surface area contributed by atoms with Crippen LogP contribution in [-0.2, 0) is 9.47 Å². The van der Waals surface area contributed by atoms with Crippen LogP contribution in [0.5, 0.6) is 0 Å². The third kappa shape index (κ3) is 2.21. The van der Waals surface area contributed by atoms with Gasteiger partial charge in [0.15, 0.2) is 0 Å². The number of rotatable bonds is 0. The maximum atomic E-state index is 11.5. The lowest BCUT2D eigenvalue weighted by Gasteiger charge is -2.10. The summed E-state index contributed by atoms with van der Waals surface area (Å²) >= 11 is 0. The Hall–Kier alpha value is -1.84. The molecule has 0 fully saturated rings. The Morgan fingerprint density at radius 2 is 1.31 bits per heavy atom. The van der Waals surface area contributed by atoms with Gasteiger partial charge in [0.05, 0.1) is 24.3 Å². The molecule has 0 saturated heterocycles. The minimum Gasteiger partial charge on any atom is -0.462 e.